The number of nitrogens with one attached hydrogen (secondary N) is 1. The van der Waals surface area contributed by atoms with Crippen LogP contribution in [0, 0.1) is 5.92 Å². The highest BCUT2D eigenvalue weighted by Crippen LogP contribution is 2.43. The van der Waals surface area contributed by atoms with Gasteiger partial charge in [-0.15, -0.1) is 0 Å². The van der Waals surface area contributed by atoms with Gasteiger partial charge in [0.05, 0.1) is 7.11 Å². The van der Waals surface area contributed by atoms with Crippen LogP contribution in [0.4, 0.5) is 0 Å². The Bertz CT molecular complexity index is 251. The molecular formula is C11H19NO2S. The molecule has 0 radical (unpaired) electrons. The standard InChI is InChI=1S/C11H19NO2S/c1-14-10(13)11(7-15-2,8-3-4-8)12-9-5-6-9/h8-9,12H,3-7H2,1-2H3. The molecular weight excluding hydrogens is 210 g/mol. The summed E-state index contributed by atoms with van der Waals surface area (Å²) in [6, 6.07) is 0.553. The maximum atomic E-state index is 12.0. The van der Waals surface area contributed by atoms with E-state index in [0.717, 1.165) is 18.6 Å². The van der Waals surface area contributed by atoms with E-state index in [-0.39, 0.29) is 5.97 Å². The first-order valence-corrected chi connectivity index (χ1v) is 6.97. The van der Waals surface area contributed by atoms with Crippen LogP contribution < -0.4 is 5.32 Å². The number of hydrogen-bond donors (Lipinski definition) is 1. The van der Waals surface area contributed by atoms with Gasteiger partial charge in [-0.05, 0) is 37.9 Å². The van der Waals surface area contributed by atoms with E-state index in [1.807, 2.05) is 0 Å². The maximum Gasteiger partial charge on any atom is 0.327 e. The van der Waals surface area contributed by atoms with Gasteiger partial charge in [0, 0.05) is 11.8 Å². The van der Waals surface area contributed by atoms with E-state index in [2.05, 4.69) is 11.6 Å². The van der Waals surface area contributed by atoms with Crippen LogP contribution in [0.1, 0.15) is 25.7 Å². The quantitative estimate of drug-likeness (QED) is 0.699. The second-order valence-corrected chi connectivity index (χ2v) is 5.45. The lowest BCUT2D eigenvalue weighted by Gasteiger charge is -2.31. The first-order valence-electron chi connectivity index (χ1n) is 5.58. The smallest absolute Gasteiger partial charge is 0.327 e. The molecule has 4 heteroatoms. The zero-order chi connectivity index (χ0) is 10.9. The Morgan fingerprint density at radius 2 is 2.13 bits per heavy atom. The van der Waals surface area contributed by atoms with E-state index in [0.29, 0.717) is 12.0 Å². The second kappa shape index (κ2) is 4.34. The van der Waals surface area contributed by atoms with E-state index < -0.39 is 5.54 Å². The molecule has 0 aromatic carbocycles. The van der Waals surface area contributed by atoms with E-state index in [1.54, 1.807) is 11.8 Å². The van der Waals surface area contributed by atoms with Gasteiger partial charge in [-0.2, -0.15) is 11.8 Å². The molecule has 0 saturated heterocycles. The van der Waals surface area contributed by atoms with Crippen LogP contribution in [0.3, 0.4) is 0 Å². The lowest BCUT2D eigenvalue weighted by molar-refractivity contribution is -0.148. The van der Waals surface area contributed by atoms with Gasteiger partial charge in [0.2, 0.25) is 0 Å². The van der Waals surface area contributed by atoms with Crippen molar-refractivity contribution in [2.24, 2.45) is 5.92 Å². The van der Waals surface area contributed by atoms with Gasteiger partial charge in [0.1, 0.15) is 5.54 Å². The second-order valence-electron chi connectivity index (χ2n) is 4.59. The Morgan fingerprint density at radius 1 is 1.47 bits per heavy atom. The molecule has 0 heterocycles. The number of carbonyl (C=O) groups is 1. The summed E-state index contributed by atoms with van der Waals surface area (Å²) in [4.78, 5) is 12.0. The number of esters is 1. The zero-order valence-corrected chi connectivity index (χ0v) is 10.2. The topological polar surface area (TPSA) is 38.3 Å². The minimum absolute atomic E-state index is 0.0637. The zero-order valence-electron chi connectivity index (χ0n) is 9.41. The summed E-state index contributed by atoms with van der Waals surface area (Å²) >= 11 is 1.73. The number of hydrogen-bond acceptors (Lipinski definition) is 4. The summed E-state index contributed by atoms with van der Waals surface area (Å²) in [5, 5.41) is 3.52. The van der Waals surface area contributed by atoms with E-state index in [1.165, 1.54) is 20.0 Å². The molecule has 1 atom stereocenters. The number of carbonyl (C=O) groups excluding carboxylic acids is 1. The van der Waals surface area contributed by atoms with Crippen LogP contribution >= 0.6 is 11.8 Å². The molecule has 3 nitrogen and oxygen atoms in total. The number of methoxy groups -OCH3 is 1. The Kier molecular flexibility index (Phi) is 3.26. The van der Waals surface area contributed by atoms with Crippen LogP contribution in [0.25, 0.3) is 0 Å². The van der Waals surface area contributed by atoms with Gasteiger partial charge < -0.3 is 4.74 Å². The minimum Gasteiger partial charge on any atom is -0.468 e. The summed E-state index contributed by atoms with van der Waals surface area (Å²) in [6.45, 7) is 0. The Labute approximate surface area is 95.3 Å². The van der Waals surface area contributed by atoms with Gasteiger partial charge in [-0.1, -0.05) is 0 Å². The third kappa shape index (κ3) is 2.31. The summed E-state index contributed by atoms with van der Waals surface area (Å²) < 4.78 is 4.98. The average molecular weight is 229 g/mol. The lowest BCUT2D eigenvalue weighted by Crippen LogP contribution is -2.57. The molecule has 2 aliphatic rings. The molecule has 15 heavy (non-hydrogen) atoms. The lowest BCUT2D eigenvalue weighted by atomic mass is 9.95. The largest absolute Gasteiger partial charge is 0.468 e. The SMILES string of the molecule is COC(=O)C(CSC)(NC1CC1)C1CC1. The Morgan fingerprint density at radius 3 is 2.53 bits per heavy atom. The van der Waals surface area contributed by atoms with Crippen molar-refractivity contribution in [2.45, 2.75) is 37.3 Å². The molecule has 0 aliphatic heterocycles. The highest BCUT2D eigenvalue weighted by molar-refractivity contribution is 7.98. The van der Waals surface area contributed by atoms with Crippen molar-refractivity contribution >= 4 is 17.7 Å². The molecule has 2 rings (SSSR count). The van der Waals surface area contributed by atoms with E-state index >= 15 is 0 Å². The van der Waals surface area contributed by atoms with Crippen LogP contribution in [0.2, 0.25) is 0 Å². The highest BCUT2D eigenvalue weighted by Gasteiger charge is 2.53. The fourth-order valence-electron chi connectivity index (χ4n) is 2.14. The maximum absolute atomic E-state index is 12.0. The first-order chi connectivity index (χ1) is 7.23. The molecule has 86 valence electrons. The van der Waals surface area contributed by atoms with E-state index in [9.17, 15) is 4.79 Å². The van der Waals surface area contributed by atoms with Crippen LogP contribution in [0.15, 0.2) is 0 Å². The normalized spacial score (nSPS) is 24.7. The first kappa shape index (κ1) is 11.3. The van der Waals surface area contributed by atoms with Crippen LogP contribution in [-0.4, -0.2) is 36.7 Å². The highest BCUT2D eigenvalue weighted by atomic mass is 32.2. The molecule has 0 bridgehead atoms. The van der Waals surface area contributed by atoms with Crippen molar-refractivity contribution in [1.29, 1.82) is 0 Å². The predicted octanol–water partition coefficient (Wildman–Crippen LogP) is 1.42. The molecule has 1 unspecified atom stereocenters. The summed E-state index contributed by atoms with van der Waals surface area (Å²) in [7, 11) is 1.49. The van der Waals surface area contributed by atoms with Crippen molar-refractivity contribution in [3.8, 4) is 0 Å². The van der Waals surface area contributed by atoms with Gasteiger partial charge in [0.25, 0.3) is 0 Å². The Balaban J connectivity index is 2.10. The van der Waals surface area contributed by atoms with E-state index in [4.69, 9.17) is 4.74 Å². The van der Waals surface area contributed by atoms with Crippen molar-refractivity contribution in [2.75, 3.05) is 19.1 Å². The predicted molar refractivity (Wildman–Crippen MR) is 62.0 cm³/mol. The molecule has 0 aromatic heterocycles. The average Bonchev–Trinajstić information content (AvgIpc) is 3.06. The minimum atomic E-state index is -0.394. The molecule has 1 N–H and O–H groups in total. The third-order valence-electron chi connectivity index (χ3n) is 3.23. The van der Waals surface area contributed by atoms with Crippen LogP contribution in [0.5, 0.6) is 0 Å². The molecule has 2 aliphatic carbocycles. The van der Waals surface area contributed by atoms with Gasteiger partial charge in [0.15, 0.2) is 0 Å². The number of thioether (sulfide) groups is 1. The summed E-state index contributed by atoms with van der Waals surface area (Å²) in [6.07, 6.45) is 6.79. The molecule has 2 fully saturated rings. The third-order valence-corrected chi connectivity index (χ3v) is 3.98. The Hall–Kier alpha value is -0.220. The molecule has 0 spiro atoms. The number of rotatable bonds is 6. The van der Waals surface area contributed by atoms with Crippen LogP contribution in [-0.2, 0) is 9.53 Å². The van der Waals surface area contributed by atoms with Gasteiger partial charge in [-0.3, -0.25) is 10.1 Å². The summed E-state index contributed by atoms with van der Waals surface area (Å²) in [5.41, 5.74) is -0.394. The molecule has 0 amide bonds. The van der Waals surface area contributed by atoms with Crippen molar-refractivity contribution in [1.82, 2.24) is 5.32 Å². The van der Waals surface area contributed by atoms with Gasteiger partial charge in [-0.25, -0.2) is 0 Å². The van der Waals surface area contributed by atoms with Crippen molar-refractivity contribution in [3.63, 3.8) is 0 Å². The summed E-state index contributed by atoms with van der Waals surface area (Å²) in [5.74, 6) is 1.27. The monoisotopic (exact) mass is 229 g/mol. The fourth-order valence-corrected chi connectivity index (χ4v) is 3.03. The van der Waals surface area contributed by atoms with Gasteiger partial charge >= 0.3 is 5.97 Å². The molecule has 0 aromatic rings. The number of ether oxygens (including phenoxy) is 1. The van der Waals surface area contributed by atoms with Crippen molar-refractivity contribution < 1.29 is 9.53 Å². The molecule has 2 saturated carbocycles. The fraction of sp³-hybridized carbons (Fsp3) is 0.909. The van der Waals surface area contributed by atoms with Crippen molar-refractivity contribution in [3.05, 3.63) is 0 Å².